The lowest BCUT2D eigenvalue weighted by molar-refractivity contribution is -0.130. The van der Waals surface area contributed by atoms with Crippen LogP contribution >= 0.6 is 0 Å². The largest absolute Gasteiger partial charge is 0.361 e. The topological polar surface area (TPSA) is 39.3 Å². The molecule has 1 aliphatic carbocycles. The molecule has 122 valence electrons. The number of para-hydroxylation sites is 1. The predicted molar refractivity (Wildman–Crippen MR) is 92.1 cm³/mol. The summed E-state index contributed by atoms with van der Waals surface area (Å²) in [6.07, 6.45) is 6.83. The van der Waals surface area contributed by atoms with Gasteiger partial charge in [-0.05, 0) is 49.2 Å². The van der Waals surface area contributed by atoms with Crippen molar-refractivity contribution in [1.82, 2.24) is 14.8 Å². The number of benzene rings is 1. The first-order valence-electron chi connectivity index (χ1n) is 8.78. The predicted octanol–water partition coefficient (Wildman–Crippen LogP) is 3.14. The summed E-state index contributed by atoms with van der Waals surface area (Å²) in [5, 5.41) is 1.28. The van der Waals surface area contributed by atoms with Gasteiger partial charge in [-0.25, -0.2) is 0 Å². The molecule has 1 atom stereocenters. The Balaban J connectivity index is 1.49. The molecule has 1 N–H and O–H groups in total. The standard InChI is InChI=1S/C19H25N3O/c1-14(23)22(17-7-8-17)13-18-6-3-11-21(18)12-16-5-2-4-15-9-10-20-19(15)16/h2,4-5,9-10,17-18,20H,3,6-8,11-13H2,1H3/t18-/m1/s1. The molecule has 1 saturated carbocycles. The SMILES string of the molecule is CC(=O)N(C[C@H]1CCCN1Cc1cccc2cc[nH]c12)C1CC1. The average molecular weight is 311 g/mol. The molecule has 2 aromatic rings. The third-order valence-electron chi connectivity index (χ3n) is 5.35. The van der Waals surface area contributed by atoms with Gasteiger partial charge in [0, 0.05) is 43.8 Å². The number of fused-ring (bicyclic) bond motifs is 1. The van der Waals surface area contributed by atoms with Crippen LogP contribution in [0.25, 0.3) is 10.9 Å². The van der Waals surface area contributed by atoms with Gasteiger partial charge in [-0.3, -0.25) is 9.69 Å². The Labute approximate surface area is 137 Å². The van der Waals surface area contributed by atoms with E-state index < -0.39 is 0 Å². The molecule has 0 spiro atoms. The number of H-pyrrole nitrogens is 1. The smallest absolute Gasteiger partial charge is 0.219 e. The molecule has 23 heavy (non-hydrogen) atoms. The van der Waals surface area contributed by atoms with E-state index in [9.17, 15) is 4.79 Å². The van der Waals surface area contributed by atoms with Crippen molar-refractivity contribution < 1.29 is 4.79 Å². The summed E-state index contributed by atoms with van der Waals surface area (Å²) in [4.78, 5) is 20.0. The molecule has 2 aliphatic rings. The van der Waals surface area contributed by atoms with Crippen LogP contribution in [0.3, 0.4) is 0 Å². The maximum atomic E-state index is 11.9. The van der Waals surface area contributed by atoms with Gasteiger partial charge in [-0.2, -0.15) is 0 Å². The molecule has 1 saturated heterocycles. The second kappa shape index (κ2) is 6.00. The van der Waals surface area contributed by atoms with Crippen LogP contribution < -0.4 is 0 Å². The molecular weight excluding hydrogens is 286 g/mol. The fraction of sp³-hybridized carbons (Fsp3) is 0.526. The van der Waals surface area contributed by atoms with E-state index >= 15 is 0 Å². The van der Waals surface area contributed by atoms with Gasteiger partial charge in [0.05, 0.1) is 0 Å². The Morgan fingerprint density at radius 1 is 1.30 bits per heavy atom. The summed E-state index contributed by atoms with van der Waals surface area (Å²) in [5.41, 5.74) is 2.61. The third kappa shape index (κ3) is 3.00. The number of hydrogen-bond donors (Lipinski definition) is 1. The first-order valence-corrected chi connectivity index (χ1v) is 8.78. The highest BCUT2D eigenvalue weighted by molar-refractivity contribution is 5.82. The number of nitrogens with one attached hydrogen (secondary N) is 1. The zero-order valence-corrected chi connectivity index (χ0v) is 13.8. The molecular formula is C19H25N3O. The first kappa shape index (κ1) is 14.8. The minimum absolute atomic E-state index is 0.241. The highest BCUT2D eigenvalue weighted by Crippen LogP contribution is 2.30. The molecule has 0 unspecified atom stereocenters. The van der Waals surface area contributed by atoms with Crippen molar-refractivity contribution in [2.45, 2.75) is 51.2 Å². The van der Waals surface area contributed by atoms with E-state index in [1.54, 1.807) is 6.92 Å². The summed E-state index contributed by atoms with van der Waals surface area (Å²) in [5.74, 6) is 0.241. The molecule has 2 fully saturated rings. The van der Waals surface area contributed by atoms with Crippen molar-refractivity contribution in [3.63, 3.8) is 0 Å². The molecule has 1 aromatic carbocycles. The minimum Gasteiger partial charge on any atom is -0.361 e. The normalized spacial score (nSPS) is 21.9. The molecule has 1 amide bonds. The second-order valence-corrected chi connectivity index (χ2v) is 7.03. The van der Waals surface area contributed by atoms with E-state index in [4.69, 9.17) is 0 Å². The lowest BCUT2D eigenvalue weighted by atomic mass is 10.1. The lowest BCUT2D eigenvalue weighted by Crippen LogP contribution is -2.43. The summed E-state index contributed by atoms with van der Waals surface area (Å²) in [6, 6.07) is 9.67. The number of hydrogen-bond acceptors (Lipinski definition) is 2. The molecule has 4 nitrogen and oxygen atoms in total. The average Bonchev–Trinajstić information content (AvgIpc) is 3.08. The fourth-order valence-electron chi connectivity index (χ4n) is 3.96. The van der Waals surface area contributed by atoms with E-state index in [0.29, 0.717) is 12.1 Å². The van der Waals surface area contributed by atoms with E-state index in [2.05, 4.69) is 39.0 Å². The van der Waals surface area contributed by atoms with Crippen LogP contribution in [0.4, 0.5) is 0 Å². The van der Waals surface area contributed by atoms with Crippen molar-refractivity contribution in [3.05, 3.63) is 36.0 Å². The van der Waals surface area contributed by atoms with E-state index in [-0.39, 0.29) is 5.91 Å². The van der Waals surface area contributed by atoms with Crippen LogP contribution in [-0.2, 0) is 11.3 Å². The van der Waals surface area contributed by atoms with Gasteiger partial charge in [0.15, 0.2) is 0 Å². The number of likely N-dealkylation sites (tertiary alicyclic amines) is 1. The van der Waals surface area contributed by atoms with Crippen LogP contribution in [0.2, 0.25) is 0 Å². The molecule has 2 heterocycles. The van der Waals surface area contributed by atoms with E-state index in [1.807, 2.05) is 6.20 Å². The number of aromatic amines is 1. The Kier molecular flexibility index (Phi) is 3.85. The number of nitrogens with zero attached hydrogens (tertiary/aromatic N) is 2. The highest BCUT2D eigenvalue weighted by Gasteiger charge is 2.35. The summed E-state index contributed by atoms with van der Waals surface area (Å²) < 4.78 is 0. The number of aromatic nitrogens is 1. The zero-order chi connectivity index (χ0) is 15.8. The van der Waals surface area contributed by atoms with Crippen LogP contribution in [-0.4, -0.2) is 45.9 Å². The zero-order valence-electron chi connectivity index (χ0n) is 13.8. The molecule has 0 radical (unpaired) electrons. The lowest BCUT2D eigenvalue weighted by Gasteiger charge is -2.30. The van der Waals surface area contributed by atoms with Crippen molar-refractivity contribution in [2.75, 3.05) is 13.1 Å². The van der Waals surface area contributed by atoms with Gasteiger partial charge in [0.25, 0.3) is 0 Å². The fourth-order valence-corrected chi connectivity index (χ4v) is 3.96. The van der Waals surface area contributed by atoms with Crippen LogP contribution in [0.1, 0.15) is 38.2 Å². The van der Waals surface area contributed by atoms with Crippen molar-refractivity contribution >= 4 is 16.8 Å². The quantitative estimate of drug-likeness (QED) is 0.921. The van der Waals surface area contributed by atoms with E-state index in [0.717, 1.165) is 19.6 Å². The third-order valence-corrected chi connectivity index (χ3v) is 5.35. The Morgan fingerprint density at radius 2 is 2.17 bits per heavy atom. The van der Waals surface area contributed by atoms with Gasteiger partial charge in [-0.1, -0.05) is 18.2 Å². The maximum absolute atomic E-state index is 11.9. The number of carbonyl (C=O) groups excluding carboxylic acids is 1. The number of rotatable bonds is 5. The van der Waals surface area contributed by atoms with Crippen molar-refractivity contribution in [2.24, 2.45) is 0 Å². The van der Waals surface area contributed by atoms with Gasteiger partial charge in [0.1, 0.15) is 0 Å². The van der Waals surface area contributed by atoms with Crippen LogP contribution in [0.15, 0.2) is 30.5 Å². The van der Waals surface area contributed by atoms with Gasteiger partial charge >= 0.3 is 0 Å². The van der Waals surface area contributed by atoms with Crippen LogP contribution in [0.5, 0.6) is 0 Å². The number of carbonyl (C=O) groups is 1. The molecule has 1 aliphatic heterocycles. The highest BCUT2D eigenvalue weighted by atomic mass is 16.2. The summed E-state index contributed by atoms with van der Waals surface area (Å²) in [6.45, 7) is 4.73. The van der Waals surface area contributed by atoms with Gasteiger partial charge in [-0.15, -0.1) is 0 Å². The molecule has 4 heteroatoms. The summed E-state index contributed by atoms with van der Waals surface area (Å²) in [7, 11) is 0. The van der Waals surface area contributed by atoms with Crippen molar-refractivity contribution in [3.8, 4) is 0 Å². The Bertz CT molecular complexity index is 703. The van der Waals surface area contributed by atoms with Crippen LogP contribution in [0, 0.1) is 0 Å². The monoisotopic (exact) mass is 311 g/mol. The van der Waals surface area contributed by atoms with E-state index in [1.165, 1.54) is 42.1 Å². The Morgan fingerprint density at radius 3 is 2.96 bits per heavy atom. The van der Waals surface area contributed by atoms with Crippen molar-refractivity contribution in [1.29, 1.82) is 0 Å². The molecule has 0 bridgehead atoms. The molecule has 1 aromatic heterocycles. The maximum Gasteiger partial charge on any atom is 0.219 e. The Hall–Kier alpha value is -1.81. The van der Waals surface area contributed by atoms with Gasteiger partial charge < -0.3 is 9.88 Å². The summed E-state index contributed by atoms with van der Waals surface area (Å²) >= 11 is 0. The molecule has 4 rings (SSSR count). The van der Waals surface area contributed by atoms with Gasteiger partial charge in [0.2, 0.25) is 5.91 Å². The second-order valence-electron chi connectivity index (χ2n) is 7.03. The first-order chi connectivity index (χ1) is 11.2. The number of amides is 1. The minimum atomic E-state index is 0.241.